The number of phenolic OH excluding ortho intramolecular Hbond substituents is 1. The molecule has 0 bridgehead atoms. The van der Waals surface area contributed by atoms with E-state index in [1.807, 2.05) is 0 Å². The largest absolute Gasteiger partial charge is 0.508 e. The van der Waals surface area contributed by atoms with Gasteiger partial charge in [0, 0.05) is 36.2 Å². The van der Waals surface area contributed by atoms with Crippen molar-refractivity contribution in [2.24, 2.45) is 0 Å². The number of nitrogens with one attached hydrogen (secondary N) is 2. The van der Waals surface area contributed by atoms with Crippen LogP contribution in [0.5, 0.6) is 5.75 Å². The van der Waals surface area contributed by atoms with E-state index in [1.54, 1.807) is 37.3 Å². The first-order valence-electron chi connectivity index (χ1n) is 7.91. The quantitative estimate of drug-likeness (QED) is 0.601. The lowest BCUT2D eigenvalue weighted by atomic mass is 10.1. The molecule has 1 heterocycles. The number of aryl methyl sites for hydroxylation is 1. The van der Waals surface area contributed by atoms with Crippen molar-refractivity contribution >= 4 is 39.9 Å². The standard InChI is InChI=1S/C19H17ClN2O4/c1-10-17(24)6-4-14-12(7-18(25)26-19(10)14)9-21-13-3-5-16(15(20)8-13)22-11(2)23/h3-8,21,24H,9H2,1-2H3,(H,22,23). The molecule has 0 atom stereocenters. The number of carbonyl (C=O) groups excluding carboxylic acids is 1. The number of rotatable bonds is 4. The zero-order chi connectivity index (χ0) is 18.8. The summed E-state index contributed by atoms with van der Waals surface area (Å²) < 4.78 is 5.23. The highest BCUT2D eigenvalue weighted by Crippen LogP contribution is 2.29. The fourth-order valence-corrected chi connectivity index (χ4v) is 2.90. The number of hydrogen-bond donors (Lipinski definition) is 3. The van der Waals surface area contributed by atoms with Gasteiger partial charge in [0.05, 0.1) is 10.7 Å². The molecule has 3 N–H and O–H groups in total. The second-order valence-electron chi connectivity index (χ2n) is 5.91. The summed E-state index contributed by atoms with van der Waals surface area (Å²) in [5.74, 6) is -0.125. The highest BCUT2D eigenvalue weighted by atomic mass is 35.5. The Kier molecular flexibility index (Phi) is 4.86. The monoisotopic (exact) mass is 372 g/mol. The molecule has 3 rings (SSSR count). The third kappa shape index (κ3) is 3.65. The normalized spacial score (nSPS) is 10.7. The highest BCUT2D eigenvalue weighted by molar-refractivity contribution is 6.34. The fraction of sp³-hybridized carbons (Fsp3) is 0.158. The van der Waals surface area contributed by atoms with Crippen molar-refractivity contribution in [1.29, 1.82) is 0 Å². The minimum Gasteiger partial charge on any atom is -0.508 e. The average Bonchev–Trinajstić information content (AvgIpc) is 2.58. The maximum absolute atomic E-state index is 11.8. The van der Waals surface area contributed by atoms with Crippen molar-refractivity contribution in [2.45, 2.75) is 20.4 Å². The fourth-order valence-electron chi connectivity index (χ4n) is 2.68. The minimum absolute atomic E-state index is 0.0751. The number of phenols is 1. The number of carbonyl (C=O) groups is 1. The van der Waals surface area contributed by atoms with Crippen LogP contribution in [0.25, 0.3) is 11.0 Å². The van der Waals surface area contributed by atoms with E-state index in [4.69, 9.17) is 16.0 Å². The van der Waals surface area contributed by atoms with Gasteiger partial charge in [-0.15, -0.1) is 0 Å². The van der Waals surface area contributed by atoms with Crippen molar-refractivity contribution in [3.05, 3.63) is 63.0 Å². The summed E-state index contributed by atoms with van der Waals surface area (Å²) in [5, 5.41) is 16.8. The van der Waals surface area contributed by atoms with Crippen LogP contribution in [0.4, 0.5) is 11.4 Å². The molecule has 0 aliphatic rings. The molecule has 0 unspecified atom stereocenters. The van der Waals surface area contributed by atoms with Crippen molar-refractivity contribution in [3.63, 3.8) is 0 Å². The molecule has 6 nitrogen and oxygen atoms in total. The van der Waals surface area contributed by atoms with Crippen molar-refractivity contribution in [2.75, 3.05) is 10.6 Å². The predicted molar refractivity (Wildman–Crippen MR) is 102 cm³/mol. The van der Waals surface area contributed by atoms with Gasteiger partial charge >= 0.3 is 5.63 Å². The first-order valence-corrected chi connectivity index (χ1v) is 8.29. The zero-order valence-corrected chi connectivity index (χ0v) is 15.0. The maximum atomic E-state index is 11.8. The van der Waals surface area contributed by atoms with Crippen molar-refractivity contribution < 1.29 is 14.3 Å². The zero-order valence-electron chi connectivity index (χ0n) is 14.2. The van der Waals surface area contributed by atoms with E-state index in [-0.39, 0.29) is 11.7 Å². The van der Waals surface area contributed by atoms with Crippen molar-refractivity contribution in [3.8, 4) is 5.75 Å². The summed E-state index contributed by atoms with van der Waals surface area (Å²) in [7, 11) is 0. The van der Waals surface area contributed by atoms with Gasteiger partial charge in [0.15, 0.2) is 0 Å². The Morgan fingerprint density at radius 2 is 2.00 bits per heavy atom. The molecule has 7 heteroatoms. The second kappa shape index (κ2) is 7.09. The van der Waals surface area contributed by atoms with Crippen LogP contribution < -0.4 is 16.3 Å². The SMILES string of the molecule is CC(=O)Nc1ccc(NCc2cc(=O)oc3c(C)c(O)ccc23)cc1Cl. The van der Waals surface area contributed by atoms with Gasteiger partial charge in [-0.25, -0.2) is 4.79 Å². The molecule has 0 spiro atoms. The van der Waals surface area contributed by atoms with E-state index >= 15 is 0 Å². The lowest BCUT2D eigenvalue weighted by Gasteiger charge is -2.12. The summed E-state index contributed by atoms with van der Waals surface area (Å²) >= 11 is 6.17. The molecule has 0 radical (unpaired) electrons. The Labute approximate surface area is 154 Å². The third-order valence-corrected chi connectivity index (χ3v) is 4.29. The van der Waals surface area contributed by atoms with Crippen LogP contribution in [-0.2, 0) is 11.3 Å². The van der Waals surface area contributed by atoms with Gasteiger partial charge in [-0.1, -0.05) is 11.6 Å². The van der Waals surface area contributed by atoms with Gasteiger partial charge in [0.2, 0.25) is 5.91 Å². The molecule has 0 aliphatic heterocycles. The number of hydrogen-bond acceptors (Lipinski definition) is 5. The molecule has 2 aromatic carbocycles. The summed E-state index contributed by atoms with van der Waals surface area (Å²) in [6.45, 7) is 3.47. The lowest BCUT2D eigenvalue weighted by molar-refractivity contribution is -0.114. The Hall–Kier alpha value is -2.99. The smallest absolute Gasteiger partial charge is 0.336 e. The molecule has 3 aromatic rings. The van der Waals surface area contributed by atoms with Gasteiger partial charge in [-0.05, 0) is 42.8 Å². The summed E-state index contributed by atoms with van der Waals surface area (Å²) in [6, 6.07) is 9.87. The molecular formula is C19H17ClN2O4. The molecule has 0 aliphatic carbocycles. The maximum Gasteiger partial charge on any atom is 0.336 e. The number of benzene rings is 2. The van der Waals surface area contributed by atoms with Crippen LogP contribution in [0.15, 0.2) is 45.6 Å². The summed E-state index contributed by atoms with van der Waals surface area (Å²) in [6.07, 6.45) is 0. The van der Waals surface area contributed by atoms with E-state index in [0.29, 0.717) is 28.4 Å². The van der Waals surface area contributed by atoms with Gasteiger partial charge in [-0.3, -0.25) is 4.79 Å². The lowest BCUT2D eigenvalue weighted by Crippen LogP contribution is -2.08. The molecule has 26 heavy (non-hydrogen) atoms. The first-order chi connectivity index (χ1) is 12.3. The molecule has 0 saturated heterocycles. The predicted octanol–water partition coefficient (Wildman–Crippen LogP) is 4.03. The van der Waals surface area contributed by atoms with Gasteiger partial charge < -0.3 is 20.2 Å². The van der Waals surface area contributed by atoms with Crippen LogP contribution in [-0.4, -0.2) is 11.0 Å². The topological polar surface area (TPSA) is 91.6 Å². The van der Waals surface area contributed by atoms with Crippen LogP contribution in [0.1, 0.15) is 18.1 Å². The van der Waals surface area contributed by atoms with E-state index in [2.05, 4.69) is 10.6 Å². The minimum atomic E-state index is -0.484. The molecule has 1 aromatic heterocycles. The molecule has 0 fully saturated rings. The van der Waals surface area contributed by atoms with E-state index < -0.39 is 5.63 Å². The number of aromatic hydroxyl groups is 1. The van der Waals surface area contributed by atoms with Crippen LogP contribution in [0, 0.1) is 6.92 Å². The second-order valence-corrected chi connectivity index (χ2v) is 6.31. The number of anilines is 2. The summed E-state index contributed by atoms with van der Waals surface area (Å²) in [4.78, 5) is 23.0. The Morgan fingerprint density at radius 1 is 1.23 bits per heavy atom. The van der Waals surface area contributed by atoms with Crippen molar-refractivity contribution in [1.82, 2.24) is 0 Å². The van der Waals surface area contributed by atoms with E-state index in [9.17, 15) is 14.7 Å². The van der Waals surface area contributed by atoms with E-state index in [0.717, 1.165) is 16.6 Å². The summed E-state index contributed by atoms with van der Waals surface area (Å²) in [5.41, 5.74) is 2.41. The Bertz CT molecular complexity index is 1060. The Balaban J connectivity index is 1.88. The average molecular weight is 373 g/mol. The molecule has 1 amide bonds. The number of halogens is 1. The van der Waals surface area contributed by atoms with Gasteiger partial charge in [0.25, 0.3) is 0 Å². The first kappa shape index (κ1) is 17.8. The number of fused-ring (bicyclic) bond motifs is 1. The highest BCUT2D eigenvalue weighted by Gasteiger charge is 2.11. The van der Waals surface area contributed by atoms with Crippen LogP contribution in [0.2, 0.25) is 5.02 Å². The molecule has 0 saturated carbocycles. The van der Waals surface area contributed by atoms with Gasteiger partial charge in [0.1, 0.15) is 11.3 Å². The molecule has 134 valence electrons. The van der Waals surface area contributed by atoms with Crippen LogP contribution in [0.3, 0.4) is 0 Å². The van der Waals surface area contributed by atoms with E-state index in [1.165, 1.54) is 13.0 Å². The Morgan fingerprint density at radius 3 is 2.69 bits per heavy atom. The molecular weight excluding hydrogens is 356 g/mol. The number of amides is 1. The third-order valence-electron chi connectivity index (χ3n) is 3.98. The van der Waals surface area contributed by atoms with Gasteiger partial charge in [-0.2, -0.15) is 0 Å². The van der Waals surface area contributed by atoms with Crippen LogP contribution >= 0.6 is 11.6 Å².